The predicted molar refractivity (Wildman–Crippen MR) is 98.3 cm³/mol. The summed E-state index contributed by atoms with van der Waals surface area (Å²) in [5.74, 6) is 0.816. The van der Waals surface area contributed by atoms with Crippen LogP contribution >= 0.6 is 0 Å². The van der Waals surface area contributed by atoms with Gasteiger partial charge in [-0.25, -0.2) is 9.50 Å². The molecule has 0 atom stereocenters. The van der Waals surface area contributed by atoms with Gasteiger partial charge in [0.1, 0.15) is 11.5 Å². The molecule has 0 bridgehead atoms. The molecular weight excluding hydrogens is 355 g/mol. The van der Waals surface area contributed by atoms with E-state index in [0.717, 1.165) is 25.0 Å². The number of nitrogens with two attached hydrogens (primary N) is 1. The van der Waals surface area contributed by atoms with Crippen molar-refractivity contribution < 1.29 is 13.2 Å². The molecule has 0 unspecified atom stereocenters. The minimum atomic E-state index is -4.42. The topological polar surface area (TPSA) is 68.2 Å². The summed E-state index contributed by atoms with van der Waals surface area (Å²) in [6.07, 6.45) is 1.38. The zero-order chi connectivity index (χ0) is 19.0. The van der Waals surface area contributed by atoms with Gasteiger partial charge in [0.15, 0.2) is 11.5 Å². The van der Waals surface area contributed by atoms with Crippen LogP contribution in [-0.2, 0) is 6.18 Å². The van der Waals surface area contributed by atoms with E-state index in [1.165, 1.54) is 29.8 Å². The number of hydrogen-bond acceptors (Lipinski definition) is 4. The fourth-order valence-electron chi connectivity index (χ4n) is 3.60. The lowest BCUT2D eigenvalue weighted by molar-refractivity contribution is -0.137. The molecule has 142 valence electrons. The minimum absolute atomic E-state index is 0.150. The lowest BCUT2D eigenvalue weighted by atomic mass is 9.95. The quantitative estimate of drug-likeness (QED) is 0.694. The SMILES string of the molecule is Nc1nc2ccc(NC3CCCCC3)nn2c1-c1cccc(C(F)(F)F)c1. The van der Waals surface area contributed by atoms with Crippen molar-refractivity contribution in [2.24, 2.45) is 0 Å². The number of nitrogen functional groups attached to an aromatic ring is 1. The van der Waals surface area contributed by atoms with Gasteiger partial charge in [-0.15, -0.1) is 5.10 Å². The van der Waals surface area contributed by atoms with Crippen LogP contribution in [0.3, 0.4) is 0 Å². The summed E-state index contributed by atoms with van der Waals surface area (Å²) >= 11 is 0. The van der Waals surface area contributed by atoms with Crippen LogP contribution in [0.2, 0.25) is 0 Å². The minimum Gasteiger partial charge on any atom is -0.382 e. The monoisotopic (exact) mass is 375 g/mol. The van der Waals surface area contributed by atoms with E-state index in [9.17, 15) is 13.2 Å². The number of aromatic nitrogens is 3. The molecule has 1 fully saturated rings. The third kappa shape index (κ3) is 3.56. The molecule has 1 aliphatic carbocycles. The van der Waals surface area contributed by atoms with Crippen LogP contribution in [0.4, 0.5) is 24.8 Å². The molecule has 2 heterocycles. The Morgan fingerprint density at radius 3 is 2.59 bits per heavy atom. The average molecular weight is 375 g/mol. The molecule has 0 radical (unpaired) electrons. The number of benzene rings is 1. The highest BCUT2D eigenvalue weighted by Crippen LogP contribution is 2.34. The van der Waals surface area contributed by atoms with Gasteiger partial charge in [0, 0.05) is 11.6 Å². The largest absolute Gasteiger partial charge is 0.416 e. The number of fused-ring (bicyclic) bond motifs is 1. The molecule has 1 aliphatic rings. The number of rotatable bonds is 3. The van der Waals surface area contributed by atoms with E-state index in [4.69, 9.17) is 5.73 Å². The Hall–Kier alpha value is -2.77. The molecule has 5 nitrogen and oxygen atoms in total. The highest BCUT2D eigenvalue weighted by molar-refractivity contribution is 5.75. The van der Waals surface area contributed by atoms with Crippen molar-refractivity contribution in [2.75, 3.05) is 11.1 Å². The summed E-state index contributed by atoms with van der Waals surface area (Å²) in [6, 6.07) is 9.01. The normalized spacial score (nSPS) is 16.0. The van der Waals surface area contributed by atoms with Crippen LogP contribution < -0.4 is 11.1 Å². The van der Waals surface area contributed by atoms with Gasteiger partial charge in [-0.05, 0) is 37.1 Å². The molecule has 27 heavy (non-hydrogen) atoms. The van der Waals surface area contributed by atoms with E-state index in [1.807, 2.05) is 6.07 Å². The van der Waals surface area contributed by atoms with Gasteiger partial charge in [-0.2, -0.15) is 13.2 Å². The summed E-state index contributed by atoms with van der Waals surface area (Å²) in [4.78, 5) is 4.24. The third-order valence-corrected chi connectivity index (χ3v) is 4.92. The lowest BCUT2D eigenvalue weighted by Crippen LogP contribution is -2.23. The number of nitrogens with one attached hydrogen (secondary N) is 1. The Bertz CT molecular complexity index is 958. The number of anilines is 2. The lowest BCUT2D eigenvalue weighted by Gasteiger charge is -2.23. The van der Waals surface area contributed by atoms with Crippen LogP contribution in [0, 0.1) is 0 Å². The molecular formula is C19H20F3N5. The first-order chi connectivity index (χ1) is 12.9. The van der Waals surface area contributed by atoms with Crippen LogP contribution in [0.15, 0.2) is 36.4 Å². The van der Waals surface area contributed by atoms with Crippen molar-refractivity contribution in [3.8, 4) is 11.3 Å². The van der Waals surface area contributed by atoms with Gasteiger partial charge in [-0.1, -0.05) is 31.4 Å². The van der Waals surface area contributed by atoms with E-state index in [1.54, 1.807) is 12.1 Å². The number of alkyl halides is 3. The summed E-state index contributed by atoms with van der Waals surface area (Å²) in [7, 11) is 0. The van der Waals surface area contributed by atoms with Gasteiger partial charge in [-0.3, -0.25) is 0 Å². The maximum atomic E-state index is 13.1. The Morgan fingerprint density at radius 2 is 1.85 bits per heavy atom. The molecule has 1 aromatic carbocycles. The fraction of sp³-hybridized carbons (Fsp3) is 0.368. The van der Waals surface area contributed by atoms with Gasteiger partial charge in [0.05, 0.1) is 5.56 Å². The van der Waals surface area contributed by atoms with E-state index in [-0.39, 0.29) is 5.82 Å². The molecule has 2 aromatic heterocycles. The first-order valence-corrected chi connectivity index (χ1v) is 9.01. The summed E-state index contributed by atoms with van der Waals surface area (Å²) in [6.45, 7) is 0. The van der Waals surface area contributed by atoms with Gasteiger partial charge in [0.25, 0.3) is 0 Å². The zero-order valence-corrected chi connectivity index (χ0v) is 14.6. The Kier molecular flexibility index (Phi) is 4.41. The van der Waals surface area contributed by atoms with Crippen molar-refractivity contribution in [1.29, 1.82) is 0 Å². The fourth-order valence-corrected chi connectivity index (χ4v) is 3.60. The zero-order valence-electron chi connectivity index (χ0n) is 14.6. The van der Waals surface area contributed by atoms with Crippen molar-refractivity contribution in [3.63, 3.8) is 0 Å². The standard InChI is InChI=1S/C19H20F3N5/c20-19(21,22)13-6-4-5-12(11-13)17-18(23)25-16-10-9-15(26-27(16)17)24-14-7-2-1-3-8-14/h4-6,9-11,14H,1-3,7-8,23H2,(H,24,26). The molecule has 0 aliphatic heterocycles. The number of halogens is 3. The second-order valence-corrected chi connectivity index (χ2v) is 6.89. The molecule has 0 spiro atoms. The smallest absolute Gasteiger partial charge is 0.382 e. The second kappa shape index (κ2) is 6.75. The maximum Gasteiger partial charge on any atom is 0.416 e. The number of imidazole rings is 1. The summed E-state index contributed by atoms with van der Waals surface area (Å²) in [5.41, 5.74) is 6.46. The predicted octanol–water partition coefficient (Wildman–Crippen LogP) is 4.74. The van der Waals surface area contributed by atoms with Crippen molar-refractivity contribution >= 4 is 17.3 Å². The van der Waals surface area contributed by atoms with E-state index in [0.29, 0.717) is 28.8 Å². The van der Waals surface area contributed by atoms with E-state index in [2.05, 4.69) is 15.4 Å². The highest BCUT2D eigenvalue weighted by Gasteiger charge is 2.31. The third-order valence-electron chi connectivity index (χ3n) is 4.92. The molecule has 3 N–H and O–H groups in total. The first-order valence-electron chi connectivity index (χ1n) is 9.01. The average Bonchev–Trinajstić information content (AvgIpc) is 2.97. The summed E-state index contributed by atoms with van der Waals surface area (Å²) < 4.78 is 40.7. The molecule has 0 amide bonds. The van der Waals surface area contributed by atoms with Crippen molar-refractivity contribution in [2.45, 2.75) is 44.3 Å². The molecule has 1 saturated carbocycles. The van der Waals surface area contributed by atoms with Gasteiger partial charge >= 0.3 is 6.18 Å². The van der Waals surface area contributed by atoms with E-state index < -0.39 is 11.7 Å². The van der Waals surface area contributed by atoms with Crippen LogP contribution in [0.25, 0.3) is 16.9 Å². The first kappa shape index (κ1) is 17.6. The molecule has 8 heteroatoms. The van der Waals surface area contributed by atoms with Crippen molar-refractivity contribution in [1.82, 2.24) is 14.6 Å². The number of hydrogen-bond donors (Lipinski definition) is 2. The maximum absolute atomic E-state index is 13.1. The van der Waals surface area contributed by atoms with E-state index >= 15 is 0 Å². The Balaban J connectivity index is 1.74. The van der Waals surface area contributed by atoms with Crippen molar-refractivity contribution in [3.05, 3.63) is 42.0 Å². The molecule has 4 rings (SSSR count). The van der Waals surface area contributed by atoms with Gasteiger partial charge < -0.3 is 11.1 Å². The van der Waals surface area contributed by atoms with Crippen LogP contribution in [0.5, 0.6) is 0 Å². The molecule has 0 saturated heterocycles. The second-order valence-electron chi connectivity index (χ2n) is 6.89. The Morgan fingerprint density at radius 1 is 1.07 bits per heavy atom. The molecule has 3 aromatic rings. The van der Waals surface area contributed by atoms with Crippen LogP contribution in [-0.4, -0.2) is 20.6 Å². The highest BCUT2D eigenvalue weighted by atomic mass is 19.4. The number of nitrogens with zero attached hydrogens (tertiary/aromatic N) is 3. The van der Waals surface area contributed by atoms with Crippen LogP contribution in [0.1, 0.15) is 37.7 Å². The van der Waals surface area contributed by atoms with Gasteiger partial charge in [0.2, 0.25) is 0 Å². The Labute approximate surface area is 154 Å². The summed E-state index contributed by atoms with van der Waals surface area (Å²) in [5, 5.41) is 7.96.